The largest absolute Gasteiger partial charge is 0.372 e. The Labute approximate surface area is 128 Å². The van der Waals surface area contributed by atoms with E-state index in [1.165, 1.54) is 19.2 Å². The number of anilines is 2. The van der Waals surface area contributed by atoms with Crippen LogP contribution in [0.4, 0.5) is 20.3 Å². The molecule has 0 aliphatic heterocycles. The highest BCUT2D eigenvalue weighted by Gasteiger charge is 2.16. The lowest BCUT2D eigenvalue weighted by atomic mass is 10.2. The number of aryl methyl sites for hydroxylation is 1. The van der Waals surface area contributed by atoms with Crippen LogP contribution < -0.4 is 10.6 Å². The van der Waals surface area contributed by atoms with Crippen molar-refractivity contribution in [3.05, 3.63) is 51.6 Å². The van der Waals surface area contributed by atoms with Crippen LogP contribution in [-0.2, 0) is 0 Å². The maximum atomic E-state index is 13.7. The molecule has 0 aliphatic carbocycles. The van der Waals surface area contributed by atoms with E-state index in [1.807, 2.05) is 0 Å². The summed E-state index contributed by atoms with van der Waals surface area (Å²) in [6, 6.07) is 3.52. The van der Waals surface area contributed by atoms with E-state index in [0.717, 1.165) is 12.1 Å². The number of carbonyl (C=O) groups excluding carboxylic acids is 1. The lowest BCUT2D eigenvalue weighted by Crippen LogP contribution is -2.16. The van der Waals surface area contributed by atoms with E-state index in [0.29, 0.717) is 10.3 Å². The number of hydrogen-bond acceptors (Lipinski definition) is 3. The third kappa shape index (κ3) is 3.36. The molecule has 1 amide bonds. The number of aromatic nitrogens is 1. The van der Waals surface area contributed by atoms with Gasteiger partial charge in [0.25, 0.3) is 5.91 Å². The van der Waals surface area contributed by atoms with Crippen LogP contribution in [0, 0.1) is 18.6 Å². The Morgan fingerprint density at radius 3 is 2.62 bits per heavy atom. The van der Waals surface area contributed by atoms with Crippen molar-refractivity contribution in [2.75, 3.05) is 17.7 Å². The Hall–Kier alpha value is -2.02. The van der Waals surface area contributed by atoms with Gasteiger partial charge in [0.15, 0.2) is 0 Å². The minimum absolute atomic E-state index is 0.172. The zero-order valence-corrected chi connectivity index (χ0v) is 12.9. The standard InChI is InChI=1S/C14H12BrF2N3O/c1-7-3-11(17)12(5-10(7)16)20-14(21)9-4-8(15)6-19-13(9)18-2/h3-6H,1-2H3,(H,18,19)(H,20,21). The molecule has 110 valence electrons. The molecule has 2 aromatic rings. The summed E-state index contributed by atoms with van der Waals surface area (Å²) in [7, 11) is 1.61. The number of rotatable bonds is 3. The van der Waals surface area contributed by atoms with Gasteiger partial charge >= 0.3 is 0 Å². The van der Waals surface area contributed by atoms with Crippen molar-refractivity contribution in [1.29, 1.82) is 0 Å². The topological polar surface area (TPSA) is 54.0 Å². The molecular formula is C14H12BrF2N3O. The summed E-state index contributed by atoms with van der Waals surface area (Å²) in [5.74, 6) is -1.54. The van der Waals surface area contributed by atoms with Crippen LogP contribution in [-0.4, -0.2) is 17.9 Å². The van der Waals surface area contributed by atoms with Crippen molar-refractivity contribution in [3.63, 3.8) is 0 Å². The monoisotopic (exact) mass is 355 g/mol. The Balaban J connectivity index is 2.34. The first-order chi connectivity index (χ1) is 9.92. The second kappa shape index (κ2) is 6.17. The summed E-state index contributed by atoms with van der Waals surface area (Å²) in [5.41, 5.74) is 0.169. The number of carbonyl (C=O) groups is 1. The Morgan fingerprint density at radius 2 is 1.95 bits per heavy atom. The van der Waals surface area contributed by atoms with Crippen molar-refractivity contribution in [1.82, 2.24) is 4.98 Å². The molecule has 0 atom stereocenters. The van der Waals surface area contributed by atoms with E-state index in [4.69, 9.17) is 0 Å². The van der Waals surface area contributed by atoms with Crippen molar-refractivity contribution in [3.8, 4) is 0 Å². The van der Waals surface area contributed by atoms with Gasteiger partial charge in [0.1, 0.15) is 17.5 Å². The molecule has 0 bridgehead atoms. The molecule has 0 unspecified atom stereocenters. The molecule has 1 aromatic carbocycles. The molecular weight excluding hydrogens is 344 g/mol. The number of nitrogens with zero attached hydrogens (tertiary/aromatic N) is 1. The smallest absolute Gasteiger partial charge is 0.259 e. The summed E-state index contributed by atoms with van der Waals surface area (Å²) in [6.07, 6.45) is 1.52. The quantitative estimate of drug-likeness (QED) is 0.881. The fourth-order valence-corrected chi connectivity index (χ4v) is 2.07. The third-order valence-electron chi connectivity index (χ3n) is 2.83. The number of benzene rings is 1. The average Bonchev–Trinajstić information content (AvgIpc) is 2.44. The molecule has 4 nitrogen and oxygen atoms in total. The minimum Gasteiger partial charge on any atom is -0.372 e. The number of pyridine rings is 1. The normalized spacial score (nSPS) is 10.3. The number of nitrogens with one attached hydrogen (secondary N) is 2. The van der Waals surface area contributed by atoms with E-state index >= 15 is 0 Å². The predicted molar refractivity (Wildman–Crippen MR) is 80.5 cm³/mol. The molecule has 0 saturated carbocycles. The number of amides is 1. The molecule has 0 radical (unpaired) electrons. The lowest BCUT2D eigenvalue weighted by Gasteiger charge is -2.11. The van der Waals surface area contributed by atoms with Gasteiger partial charge in [0, 0.05) is 23.8 Å². The first-order valence-electron chi connectivity index (χ1n) is 6.02. The summed E-state index contributed by atoms with van der Waals surface area (Å²) >= 11 is 3.21. The number of halogens is 3. The van der Waals surface area contributed by atoms with Gasteiger partial charge in [-0.3, -0.25) is 4.79 Å². The molecule has 0 fully saturated rings. The van der Waals surface area contributed by atoms with Gasteiger partial charge in [-0.25, -0.2) is 13.8 Å². The Kier molecular flexibility index (Phi) is 4.52. The van der Waals surface area contributed by atoms with Crippen LogP contribution in [0.2, 0.25) is 0 Å². The van der Waals surface area contributed by atoms with Crippen molar-refractivity contribution in [2.45, 2.75) is 6.92 Å². The SMILES string of the molecule is CNc1ncc(Br)cc1C(=O)Nc1cc(F)c(C)cc1F. The molecule has 2 rings (SSSR count). The molecule has 0 aliphatic rings. The van der Waals surface area contributed by atoms with Crippen LogP contribution >= 0.6 is 15.9 Å². The number of hydrogen-bond donors (Lipinski definition) is 2. The summed E-state index contributed by atoms with van der Waals surface area (Å²) < 4.78 is 27.8. The molecule has 0 spiro atoms. The third-order valence-corrected chi connectivity index (χ3v) is 3.27. The Morgan fingerprint density at radius 1 is 1.24 bits per heavy atom. The second-order valence-electron chi connectivity index (χ2n) is 4.34. The van der Waals surface area contributed by atoms with Crippen LogP contribution in [0.15, 0.2) is 28.9 Å². The highest BCUT2D eigenvalue weighted by Crippen LogP contribution is 2.22. The zero-order chi connectivity index (χ0) is 15.6. The summed E-state index contributed by atoms with van der Waals surface area (Å²) in [5, 5.41) is 5.11. The molecule has 1 aromatic heterocycles. The van der Waals surface area contributed by atoms with Gasteiger partial charge in [-0.05, 0) is 40.5 Å². The minimum atomic E-state index is -0.698. The van der Waals surface area contributed by atoms with Crippen LogP contribution in [0.5, 0.6) is 0 Å². The first kappa shape index (κ1) is 15.4. The lowest BCUT2D eigenvalue weighted by molar-refractivity contribution is 0.102. The van der Waals surface area contributed by atoms with E-state index in [9.17, 15) is 13.6 Å². The van der Waals surface area contributed by atoms with Crippen LogP contribution in [0.3, 0.4) is 0 Å². The van der Waals surface area contributed by atoms with E-state index in [2.05, 4.69) is 31.5 Å². The first-order valence-corrected chi connectivity index (χ1v) is 6.82. The fraction of sp³-hybridized carbons (Fsp3) is 0.143. The van der Waals surface area contributed by atoms with Gasteiger partial charge in [0.2, 0.25) is 0 Å². The van der Waals surface area contributed by atoms with Crippen molar-refractivity contribution < 1.29 is 13.6 Å². The maximum absolute atomic E-state index is 13.7. The van der Waals surface area contributed by atoms with E-state index in [-0.39, 0.29) is 16.8 Å². The summed E-state index contributed by atoms with van der Waals surface area (Å²) in [6.45, 7) is 1.45. The second-order valence-corrected chi connectivity index (χ2v) is 5.25. The van der Waals surface area contributed by atoms with Gasteiger partial charge in [-0.1, -0.05) is 0 Å². The van der Waals surface area contributed by atoms with Gasteiger partial charge in [-0.2, -0.15) is 0 Å². The van der Waals surface area contributed by atoms with Crippen LogP contribution in [0.1, 0.15) is 15.9 Å². The zero-order valence-electron chi connectivity index (χ0n) is 11.3. The molecule has 1 heterocycles. The molecule has 7 heteroatoms. The maximum Gasteiger partial charge on any atom is 0.259 e. The van der Waals surface area contributed by atoms with Gasteiger partial charge < -0.3 is 10.6 Å². The van der Waals surface area contributed by atoms with Crippen molar-refractivity contribution >= 4 is 33.3 Å². The molecule has 2 N–H and O–H groups in total. The van der Waals surface area contributed by atoms with Crippen LogP contribution in [0.25, 0.3) is 0 Å². The predicted octanol–water partition coefficient (Wildman–Crippen LogP) is 3.72. The highest BCUT2D eigenvalue weighted by molar-refractivity contribution is 9.10. The average molecular weight is 356 g/mol. The highest BCUT2D eigenvalue weighted by atomic mass is 79.9. The van der Waals surface area contributed by atoms with Crippen molar-refractivity contribution in [2.24, 2.45) is 0 Å². The summed E-state index contributed by atoms with van der Waals surface area (Å²) in [4.78, 5) is 16.2. The van der Waals surface area contributed by atoms with E-state index in [1.54, 1.807) is 7.05 Å². The Bertz CT molecular complexity index is 707. The fourth-order valence-electron chi connectivity index (χ4n) is 1.74. The molecule has 21 heavy (non-hydrogen) atoms. The molecule has 0 saturated heterocycles. The van der Waals surface area contributed by atoms with Gasteiger partial charge in [-0.15, -0.1) is 0 Å². The van der Waals surface area contributed by atoms with E-state index < -0.39 is 17.5 Å². The van der Waals surface area contributed by atoms with Gasteiger partial charge in [0.05, 0.1) is 11.3 Å².